The quantitative estimate of drug-likeness (QED) is 0.302. The van der Waals surface area contributed by atoms with Gasteiger partial charge in [0.25, 0.3) is 0 Å². The normalized spacial score (nSPS) is 11.8. The van der Waals surface area contributed by atoms with E-state index in [0.29, 0.717) is 0 Å². The summed E-state index contributed by atoms with van der Waals surface area (Å²) in [6, 6.07) is 38.4. The van der Waals surface area contributed by atoms with Crippen LogP contribution in [0.3, 0.4) is 0 Å². The van der Waals surface area contributed by atoms with E-state index in [4.69, 9.17) is 4.98 Å². The van der Waals surface area contributed by atoms with Crippen molar-refractivity contribution in [3.63, 3.8) is 0 Å². The Hall–Kier alpha value is -4.15. The summed E-state index contributed by atoms with van der Waals surface area (Å²) in [5.41, 5.74) is 5.88. The monoisotopic (exact) mass is 436 g/mol. The lowest BCUT2D eigenvalue weighted by Crippen LogP contribution is -2.11. The predicted octanol–water partition coefficient (Wildman–Crippen LogP) is 6.07. The first-order chi connectivity index (χ1) is 16.3. The van der Waals surface area contributed by atoms with Crippen LogP contribution in [0, 0.1) is 0 Å². The van der Waals surface area contributed by atoms with Crippen LogP contribution in [-0.4, -0.2) is 24.4 Å². The Balaban J connectivity index is 1.76. The molecule has 0 N–H and O–H groups in total. The zero-order chi connectivity index (χ0) is 21.9. The molecule has 4 heteroatoms. The first-order valence-electron chi connectivity index (χ1n) is 11.0. The molecule has 0 amide bonds. The van der Waals surface area contributed by atoms with Gasteiger partial charge in [-0.05, 0) is 42.5 Å². The van der Waals surface area contributed by atoms with Crippen molar-refractivity contribution in [1.82, 2.24) is 14.1 Å². The van der Waals surface area contributed by atoms with Crippen molar-refractivity contribution in [2.45, 2.75) is 0 Å². The first kappa shape index (κ1) is 18.4. The molecule has 0 spiro atoms. The van der Waals surface area contributed by atoms with Crippen LogP contribution in [0.4, 0.5) is 0 Å². The van der Waals surface area contributed by atoms with E-state index in [2.05, 4.69) is 116 Å². The molecule has 0 saturated carbocycles. The van der Waals surface area contributed by atoms with Gasteiger partial charge in [-0.15, -0.1) is 0 Å². The van der Waals surface area contributed by atoms with Crippen molar-refractivity contribution >= 4 is 59.2 Å². The fraction of sp³-hybridized carbons (Fsp3) is 0. The summed E-state index contributed by atoms with van der Waals surface area (Å²) in [5, 5.41) is 5.75. The second-order valence-electron chi connectivity index (χ2n) is 8.28. The molecule has 4 aromatic carbocycles. The maximum atomic E-state index is 4.84. The number of para-hydroxylation sites is 3. The van der Waals surface area contributed by atoms with E-state index in [0.717, 1.165) is 22.3 Å². The summed E-state index contributed by atoms with van der Waals surface area (Å²) in [6.45, 7) is 0. The third kappa shape index (κ3) is 2.58. The third-order valence-electron chi connectivity index (χ3n) is 6.45. The fourth-order valence-corrected chi connectivity index (χ4v) is 5.36. The minimum absolute atomic E-state index is 0.817. The average Bonchev–Trinajstić information content (AvgIpc) is 3.37. The van der Waals surface area contributed by atoms with Gasteiger partial charge in [0.2, 0.25) is 0 Å². The van der Waals surface area contributed by atoms with Gasteiger partial charge in [0.05, 0.1) is 32.3 Å². The van der Waals surface area contributed by atoms with Crippen molar-refractivity contribution in [3.05, 3.63) is 109 Å². The maximum Gasteiger partial charge on any atom is 0.137 e. The summed E-state index contributed by atoms with van der Waals surface area (Å²) in [5.74, 6) is 0.901. The summed E-state index contributed by atoms with van der Waals surface area (Å²) in [7, 11) is 3.63. The Bertz CT molecular complexity index is 1830. The number of fused-ring (bicyclic) bond motifs is 7. The Labute approximate surface area is 194 Å². The molecule has 0 unspecified atom stereocenters. The first-order valence-corrected chi connectivity index (χ1v) is 11.5. The van der Waals surface area contributed by atoms with Gasteiger partial charge in [0, 0.05) is 32.5 Å². The standard InChI is InChI=1S/C29H18N3Si/c33-27-16-8-15-26(30-27)32-23-13-6-4-11-20(23)21-17-18-25-28(29(21)32)22-12-5-7-14-24(22)31(25)19-9-2-1-3-10-19/h1-18H. The van der Waals surface area contributed by atoms with Crippen LogP contribution in [-0.2, 0) is 0 Å². The number of hydrogen-bond donors (Lipinski definition) is 0. The van der Waals surface area contributed by atoms with Crippen molar-refractivity contribution in [2.24, 2.45) is 0 Å². The van der Waals surface area contributed by atoms with Crippen molar-refractivity contribution in [1.29, 1.82) is 0 Å². The van der Waals surface area contributed by atoms with Gasteiger partial charge in [0.1, 0.15) is 5.82 Å². The van der Waals surface area contributed by atoms with Crippen molar-refractivity contribution in [3.8, 4) is 11.5 Å². The Morgan fingerprint density at radius 1 is 0.515 bits per heavy atom. The molecule has 0 aliphatic carbocycles. The highest BCUT2D eigenvalue weighted by Crippen LogP contribution is 2.41. The lowest BCUT2D eigenvalue weighted by Gasteiger charge is -2.09. The number of benzene rings is 4. The molecule has 153 valence electrons. The molecular weight excluding hydrogens is 418 g/mol. The van der Waals surface area contributed by atoms with E-state index in [-0.39, 0.29) is 0 Å². The molecule has 0 bridgehead atoms. The summed E-state index contributed by atoms with van der Waals surface area (Å²) < 4.78 is 4.67. The van der Waals surface area contributed by atoms with Crippen LogP contribution in [0.15, 0.2) is 109 Å². The molecule has 0 atom stereocenters. The number of hydrogen-bond acceptors (Lipinski definition) is 1. The van der Waals surface area contributed by atoms with Crippen LogP contribution in [0.25, 0.3) is 55.1 Å². The Morgan fingerprint density at radius 2 is 1.21 bits per heavy atom. The van der Waals surface area contributed by atoms with Gasteiger partial charge < -0.3 is 4.57 Å². The SMILES string of the molecule is [Si]c1cccc(-n2c3ccccc3c3ccc4c(c5ccccc5n4-c4ccccc4)c32)n1. The second-order valence-corrected chi connectivity index (χ2v) is 8.79. The van der Waals surface area contributed by atoms with Crippen LogP contribution < -0.4 is 5.32 Å². The minimum atomic E-state index is 0.817. The van der Waals surface area contributed by atoms with E-state index in [9.17, 15) is 0 Å². The number of rotatable bonds is 2. The number of nitrogens with zero attached hydrogens (tertiary/aromatic N) is 3. The Kier molecular flexibility index (Phi) is 3.86. The third-order valence-corrected chi connectivity index (χ3v) is 6.73. The lowest BCUT2D eigenvalue weighted by atomic mass is 10.1. The van der Waals surface area contributed by atoms with Gasteiger partial charge in [-0.1, -0.05) is 66.7 Å². The van der Waals surface area contributed by atoms with E-state index in [1.165, 1.54) is 38.1 Å². The van der Waals surface area contributed by atoms with Crippen LogP contribution >= 0.6 is 0 Å². The topological polar surface area (TPSA) is 22.8 Å². The van der Waals surface area contributed by atoms with Crippen molar-refractivity contribution < 1.29 is 0 Å². The zero-order valence-corrected chi connectivity index (χ0v) is 18.7. The van der Waals surface area contributed by atoms with Gasteiger partial charge in [-0.3, -0.25) is 4.57 Å². The summed E-state index contributed by atoms with van der Waals surface area (Å²) >= 11 is 0. The molecule has 0 fully saturated rings. The smallest absolute Gasteiger partial charge is 0.137 e. The molecule has 0 aliphatic rings. The highest BCUT2D eigenvalue weighted by Gasteiger charge is 2.20. The Morgan fingerprint density at radius 3 is 2.00 bits per heavy atom. The van der Waals surface area contributed by atoms with Crippen LogP contribution in [0.5, 0.6) is 0 Å². The van der Waals surface area contributed by atoms with Gasteiger partial charge in [-0.25, -0.2) is 4.98 Å². The fourth-order valence-electron chi connectivity index (χ4n) is 5.15. The highest BCUT2D eigenvalue weighted by molar-refractivity contribution is 6.30. The molecule has 0 aliphatic heterocycles. The predicted molar refractivity (Wildman–Crippen MR) is 138 cm³/mol. The second kappa shape index (κ2) is 6.92. The summed E-state index contributed by atoms with van der Waals surface area (Å²) in [4.78, 5) is 4.84. The van der Waals surface area contributed by atoms with Gasteiger partial charge >= 0.3 is 0 Å². The number of pyridine rings is 1. The molecule has 7 aromatic rings. The van der Waals surface area contributed by atoms with E-state index >= 15 is 0 Å². The molecule has 3 nitrogen and oxygen atoms in total. The number of aromatic nitrogens is 3. The van der Waals surface area contributed by atoms with Gasteiger partial charge in [0.15, 0.2) is 0 Å². The van der Waals surface area contributed by atoms with Crippen LogP contribution in [0.2, 0.25) is 0 Å². The minimum Gasteiger partial charge on any atom is -0.309 e. The van der Waals surface area contributed by atoms with Crippen LogP contribution in [0.1, 0.15) is 0 Å². The summed E-state index contributed by atoms with van der Waals surface area (Å²) in [6.07, 6.45) is 0. The van der Waals surface area contributed by atoms with E-state index in [1.54, 1.807) is 0 Å². The molecule has 3 heterocycles. The lowest BCUT2D eigenvalue weighted by molar-refractivity contribution is 1.10. The molecular formula is C29H18N3Si. The molecule has 7 rings (SSSR count). The maximum absolute atomic E-state index is 4.84. The average molecular weight is 437 g/mol. The molecule has 33 heavy (non-hydrogen) atoms. The van der Waals surface area contributed by atoms with Gasteiger partial charge in [-0.2, -0.15) is 0 Å². The highest BCUT2D eigenvalue weighted by atomic mass is 28.1. The van der Waals surface area contributed by atoms with Crippen molar-refractivity contribution in [2.75, 3.05) is 0 Å². The van der Waals surface area contributed by atoms with E-state index < -0.39 is 0 Å². The molecule has 0 saturated heterocycles. The van der Waals surface area contributed by atoms with E-state index in [1.807, 2.05) is 12.1 Å². The largest absolute Gasteiger partial charge is 0.309 e. The molecule has 3 aromatic heterocycles. The zero-order valence-electron chi connectivity index (χ0n) is 17.7. The molecule has 3 radical (unpaired) electrons.